The summed E-state index contributed by atoms with van der Waals surface area (Å²) in [7, 11) is 1.89. The van der Waals surface area contributed by atoms with Gasteiger partial charge in [0.25, 0.3) is 5.91 Å². The number of aryl methyl sites for hydroxylation is 2. The second-order valence-electron chi connectivity index (χ2n) is 7.95. The van der Waals surface area contributed by atoms with Crippen LogP contribution in [-0.2, 0) is 24.9 Å². The van der Waals surface area contributed by atoms with Crippen molar-refractivity contribution in [3.63, 3.8) is 0 Å². The number of morpholine rings is 1. The number of benzene rings is 1. The number of aromatic nitrogens is 3. The van der Waals surface area contributed by atoms with Gasteiger partial charge in [-0.05, 0) is 18.6 Å². The molecule has 1 saturated heterocycles. The van der Waals surface area contributed by atoms with Crippen LogP contribution in [0.15, 0.2) is 42.7 Å². The zero-order valence-electron chi connectivity index (χ0n) is 17.3. The summed E-state index contributed by atoms with van der Waals surface area (Å²) in [4.78, 5) is 22.5. The van der Waals surface area contributed by atoms with Crippen molar-refractivity contribution in [2.45, 2.75) is 20.0 Å². The van der Waals surface area contributed by atoms with E-state index in [0.717, 1.165) is 52.4 Å². The number of anilines is 1. The Bertz CT molecular complexity index is 1100. The van der Waals surface area contributed by atoms with Crippen molar-refractivity contribution in [1.82, 2.24) is 19.7 Å². The molecule has 0 saturated carbocycles. The van der Waals surface area contributed by atoms with Crippen LogP contribution in [0.4, 0.5) is 5.82 Å². The van der Waals surface area contributed by atoms with Crippen molar-refractivity contribution in [3.8, 4) is 11.3 Å². The number of amides is 1. The van der Waals surface area contributed by atoms with E-state index in [1.165, 1.54) is 0 Å². The van der Waals surface area contributed by atoms with Gasteiger partial charge in [0.15, 0.2) is 0 Å². The third-order valence-electron chi connectivity index (χ3n) is 5.84. The molecule has 0 aliphatic carbocycles. The van der Waals surface area contributed by atoms with Crippen molar-refractivity contribution >= 4 is 11.7 Å². The van der Waals surface area contributed by atoms with E-state index in [1.54, 1.807) is 4.68 Å². The third kappa shape index (κ3) is 3.35. The number of rotatable bonds is 4. The molecule has 154 valence electrons. The van der Waals surface area contributed by atoms with Gasteiger partial charge in [0, 0.05) is 56.1 Å². The summed E-state index contributed by atoms with van der Waals surface area (Å²) in [5, 5.41) is 4.23. The predicted molar refractivity (Wildman–Crippen MR) is 114 cm³/mol. The SMILES string of the molecule is Cc1ccccc1-c1nc(N2CCOCC2)cc2c1CN(Cc1cnn(C)c1)C2=O. The van der Waals surface area contributed by atoms with Gasteiger partial charge < -0.3 is 14.5 Å². The molecule has 2 aliphatic heterocycles. The first-order valence-electron chi connectivity index (χ1n) is 10.3. The van der Waals surface area contributed by atoms with Crippen molar-refractivity contribution < 1.29 is 9.53 Å². The molecule has 1 aromatic carbocycles. The second kappa shape index (κ2) is 7.57. The lowest BCUT2D eigenvalue weighted by molar-refractivity contribution is 0.0766. The van der Waals surface area contributed by atoms with Crippen LogP contribution in [0.25, 0.3) is 11.3 Å². The molecule has 1 amide bonds. The van der Waals surface area contributed by atoms with E-state index >= 15 is 0 Å². The lowest BCUT2D eigenvalue weighted by Crippen LogP contribution is -2.37. The van der Waals surface area contributed by atoms with E-state index in [2.05, 4.69) is 29.1 Å². The molecule has 0 N–H and O–H groups in total. The van der Waals surface area contributed by atoms with Crippen LogP contribution in [0.5, 0.6) is 0 Å². The topological polar surface area (TPSA) is 63.5 Å². The highest BCUT2D eigenvalue weighted by Crippen LogP contribution is 2.36. The van der Waals surface area contributed by atoms with Gasteiger partial charge in [-0.2, -0.15) is 5.10 Å². The molecule has 4 heterocycles. The van der Waals surface area contributed by atoms with E-state index in [1.807, 2.05) is 42.5 Å². The van der Waals surface area contributed by atoms with Crippen LogP contribution in [-0.4, -0.2) is 51.9 Å². The predicted octanol–water partition coefficient (Wildman–Crippen LogP) is 2.78. The summed E-state index contributed by atoms with van der Waals surface area (Å²) in [5.74, 6) is 0.910. The fraction of sp³-hybridized carbons (Fsp3) is 0.348. The highest BCUT2D eigenvalue weighted by atomic mass is 16.5. The smallest absolute Gasteiger partial charge is 0.255 e. The quantitative estimate of drug-likeness (QED) is 0.670. The minimum atomic E-state index is 0.0561. The minimum absolute atomic E-state index is 0.0561. The summed E-state index contributed by atoms with van der Waals surface area (Å²) in [6.07, 6.45) is 3.77. The number of hydrogen-bond acceptors (Lipinski definition) is 5. The number of hydrogen-bond donors (Lipinski definition) is 0. The molecule has 7 heteroatoms. The van der Waals surface area contributed by atoms with Gasteiger partial charge in [-0.15, -0.1) is 0 Å². The first kappa shape index (κ1) is 18.8. The molecule has 0 bridgehead atoms. The Hall–Kier alpha value is -3.19. The maximum absolute atomic E-state index is 13.3. The van der Waals surface area contributed by atoms with Gasteiger partial charge in [-0.1, -0.05) is 24.3 Å². The van der Waals surface area contributed by atoms with Crippen LogP contribution < -0.4 is 4.90 Å². The summed E-state index contributed by atoms with van der Waals surface area (Å²) < 4.78 is 7.27. The lowest BCUT2D eigenvalue weighted by Gasteiger charge is -2.28. The first-order valence-corrected chi connectivity index (χ1v) is 10.3. The fourth-order valence-corrected chi connectivity index (χ4v) is 4.26. The van der Waals surface area contributed by atoms with E-state index in [4.69, 9.17) is 9.72 Å². The number of pyridine rings is 1. The molecule has 3 aromatic rings. The Morgan fingerprint density at radius 1 is 1.13 bits per heavy atom. The Balaban J connectivity index is 1.57. The van der Waals surface area contributed by atoms with Gasteiger partial charge in [-0.25, -0.2) is 4.98 Å². The Kier molecular flexibility index (Phi) is 4.75. The average molecular weight is 403 g/mol. The lowest BCUT2D eigenvalue weighted by atomic mass is 9.99. The van der Waals surface area contributed by atoms with E-state index in [0.29, 0.717) is 26.3 Å². The molecule has 0 unspecified atom stereocenters. The standard InChI is InChI=1S/C23H25N5O2/c1-16-5-3-4-6-18(16)22-20-15-28(14-17-12-24-26(2)13-17)23(29)19(20)11-21(25-22)27-7-9-30-10-8-27/h3-6,11-13H,7-10,14-15H2,1-2H3. The minimum Gasteiger partial charge on any atom is -0.378 e. The highest BCUT2D eigenvalue weighted by molar-refractivity contribution is 6.01. The Morgan fingerprint density at radius 3 is 2.67 bits per heavy atom. The van der Waals surface area contributed by atoms with E-state index < -0.39 is 0 Å². The van der Waals surface area contributed by atoms with Gasteiger partial charge in [-0.3, -0.25) is 9.48 Å². The fourth-order valence-electron chi connectivity index (χ4n) is 4.26. The normalized spacial score (nSPS) is 16.3. The molecule has 2 aliphatic rings. The first-order chi connectivity index (χ1) is 14.6. The van der Waals surface area contributed by atoms with Crippen LogP contribution in [0.2, 0.25) is 0 Å². The summed E-state index contributed by atoms with van der Waals surface area (Å²) in [5.41, 5.74) is 5.94. The average Bonchev–Trinajstić information content (AvgIpc) is 3.32. The summed E-state index contributed by atoms with van der Waals surface area (Å²) in [6.45, 7) is 6.12. The zero-order chi connectivity index (χ0) is 20.7. The van der Waals surface area contributed by atoms with Gasteiger partial charge in [0.05, 0.1) is 30.7 Å². The molecule has 5 rings (SSSR count). The maximum atomic E-state index is 13.3. The van der Waals surface area contributed by atoms with Crippen molar-refractivity contribution in [1.29, 1.82) is 0 Å². The second-order valence-corrected chi connectivity index (χ2v) is 7.95. The van der Waals surface area contributed by atoms with Crippen molar-refractivity contribution in [2.75, 3.05) is 31.2 Å². The highest BCUT2D eigenvalue weighted by Gasteiger charge is 2.32. The van der Waals surface area contributed by atoms with Crippen LogP contribution in [0, 0.1) is 6.92 Å². The zero-order valence-corrected chi connectivity index (χ0v) is 17.3. The van der Waals surface area contributed by atoms with Crippen LogP contribution in [0.3, 0.4) is 0 Å². The molecule has 0 atom stereocenters. The molecular formula is C23H25N5O2. The summed E-state index contributed by atoms with van der Waals surface area (Å²) in [6, 6.07) is 10.2. The molecule has 7 nitrogen and oxygen atoms in total. The molecule has 0 radical (unpaired) electrons. The van der Waals surface area contributed by atoms with Gasteiger partial charge >= 0.3 is 0 Å². The van der Waals surface area contributed by atoms with Crippen LogP contribution in [0.1, 0.15) is 27.0 Å². The Labute approximate surface area is 175 Å². The van der Waals surface area contributed by atoms with Gasteiger partial charge in [0.1, 0.15) is 5.82 Å². The maximum Gasteiger partial charge on any atom is 0.255 e. The Morgan fingerprint density at radius 2 is 1.93 bits per heavy atom. The van der Waals surface area contributed by atoms with Crippen LogP contribution >= 0.6 is 0 Å². The molecule has 2 aromatic heterocycles. The molecular weight excluding hydrogens is 378 g/mol. The van der Waals surface area contributed by atoms with Crippen molar-refractivity contribution in [3.05, 3.63) is 65.0 Å². The number of fused-ring (bicyclic) bond motifs is 1. The number of carbonyl (C=O) groups is 1. The van der Waals surface area contributed by atoms with E-state index in [9.17, 15) is 4.79 Å². The largest absolute Gasteiger partial charge is 0.378 e. The number of ether oxygens (including phenoxy) is 1. The van der Waals surface area contributed by atoms with E-state index in [-0.39, 0.29) is 5.91 Å². The van der Waals surface area contributed by atoms with Crippen molar-refractivity contribution in [2.24, 2.45) is 7.05 Å². The van der Waals surface area contributed by atoms with Gasteiger partial charge in [0.2, 0.25) is 0 Å². The third-order valence-corrected chi connectivity index (χ3v) is 5.84. The molecule has 1 fully saturated rings. The molecule has 0 spiro atoms. The molecule has 30 heavy (non-hydrogen) atoms. The number of nitrogens with zero attached hydrogens (tertiary/aromatic N) is 5. The number of carbonyl (C=O) groups excluding carboxylic acids is 1. The summed E-state index contributed by atoms with van der Waals surface area (Å²) >= 11 is 0. The monoisotopic (exact) mass is 403 g/mol.